The molecule has 1 aromatic heterocycles. The van der Waals surface area contributed by atoms with E-state index in [0.717, 1.165) is 17.0 Å². The largest absolute Gasteiger partial charge is 0.390 e. The van der Waals surface area contributed by atoms with Crippen LogP contribution in [0.1, 0.15) is 16.8 Å². The number of aromatic amines is 1. The Kier molecular flexibility index (Phi) is 2.56. The summed E-state index contributed by atoms with van der Waals surface area (Å²) < 4.78 is 0. The van der Waals surface area contributed by atoms with Crippen LogP contribution in [-0.4, -0.2) is 15.3 Å². The molecule has 1 aromatic carbocycles. The number of nitrogens with zero attached hydrogens (tertiary/aromatic N) is 1. The summed E-state index contributed by atoms with van der Waals surface area (Å²) in [4.78, 5) is 0. The van der Waals surface area contributed by atoms with Crippen molar-refractivity contribution < 1.29 is 5.11 Å². The highest BCUT2D eigenvalue weighted by Crippen LogP contribution is 2.20. The minimum atomic E-state index is -0.00214. The van der Waals surface area contributed by atoms with Crippen LogP contribution in [0, 0.1) is 13.8 Å². The predicted molar refractivity (Wildman–Crippen MR) is 59.4 cm³/mol. The molecule has 0 spiro atoms. The molecule has 3 nitrogen and oxygen atoms in total. The summed E-state index contributed by atoms with van der Waals surface area (Å²) in [6, 6.07) is 8.09. The molecule has 0 fully saturated rings. The second-order valence-electron chi connectivity index (χ2n) is 3.74. The van der Waals surface area contributed by atoms with Gasteiger partial charge in [-0.05, 0) is 37.1 Å². The molecule has 0 aliphatic rings. The van der Waals surface area contributed by atoms with Gasteiger partial charge in [0.2, 0.25) is 0 Å². The van der Waals surface area contributed by atoms with Crippen LogP contribution < -0.4 is 0 Å². The van der Waals surface area contributed by atoms with E-state index in [9.17, 15) is 0 Å². The van der Waals surface area contributed by atoms with E-state index in [-0.39, 0.29) is 6.61 Å². The SMILES string of the molecule is Cc1ccc(-c2cc(CO)[nH]n2)cc1C. The number of aryl methyl sites for hydroxylation is 2. The Morgan fingerprint density at radius 1 is 1.20 bits per heavy atom. The molecule has 0 bridgehead atoms. The van der Waals surface area contributed by atoms with Crippen LogP contribution >= 0.6 is 0 Å². The number of hydrogen-bond donors (Lipinski definition) is 2. The lowest BCUT2D eigenvalue weighted by atomic mass is 10.0. The van der Waals surface area contributed by atoms with Gasteiger partial charge in [0.15, 0.2) is 0 Å². The van der Waals surface area contributed by atoms with E-state index >= 15 is 0 Å². The van der Waals surface area contributed by atoms with Gasteiger partial charge in [0, 0.05) is 5.56 Å². The fourth-order valence-corrected chi connectivity index (χ4v) is 1.49. The molecule has 2 N–H and O–H groups in total. The molecule has 0 atom stereocenters. The lowest BCUT2D eigenvalue weighted by Gasteiger charge is -2.01. The minimum Gasteiger partial charge on any atom is -0.390 e. The van der Waals surface area contributed by atoms with Gasteiger partial charge in [-0.25, -0.2) is 0 Å². The first-order valence-corrected chi connectivity index (χ1v) is 4.93. The van der Waals surface area contributed by atoms with Crippen LogP contribution in [0.2, 0.25) is 0 Å². The molecule has 78 valence electrons. The van der Waals surface area contributed by atoms with E-state index in [4.69, 9.17) is 5.11 Å². The van der Waals surface area contributed by atoms with Crippen molar-refractivity contribution in [1.82, 2.24) is 10.2 Å². The molecule has 2 rings (SSSR count). The summed E-state index contributed by atoms with van der Waals surface area (Å²) in [7, 11) is 0. The number of hydrogen-bond acceptors (Lipinski definition) is 2. The third-order valence-corrected chi connectivity index (χ3v) is 2.60. The smallest absolute Gasteiger partial charge is 0.0924 e. The van der Waals surface area contributed by atoms with Crippen LogP contribution in [-0.2, 0) is 6.61 Å². The van der Waals surface area contributed by atoms with Crippen LogP contribution in [0.3, 0.4) is 0 Å². The molecular weight excluding hydrogens is 188 g/mol. The molecular formula is C12H14N2O. The van der Waals surface area contributed by atoms with Crippen LogP contribution in [0.4, 0.5) is 0 Å². The van der Waals surface area contributed by atoms with Crippen molar-refractivity contribution in [2.45, 2.75) is 20.5 Å². The average molecular weight is 202 g/mol. The van der Waals surface area contributed by atoms with E-state index < -0.39 is 0 Å². The topological polar surface area (TPSA) is 48.9 Å². The van der Waals surface area contributed by atoms with Crippen molar-refractivity contribution in [2.75, 3.05) is 0 Å². The summed E-state index contributed by atoms with van der Waals surface area (Å²) >= 11 is 0. The Morgan fingerprint density at radius 2 is 2.00 bits per heavy atom. The standard InChI is InChI=1S/C12H14N2O/c1-8-3-4-10(5-9(8)2)12-6-11(7-15)13-14-12/h3-6,15H,7H2,1-2H3,(H,13,14). The van der Waals surface area contributed by atoms with E-state index in [1.807, 2.05) is 12.1 Å². The summed E-state index contributed by atoms with van der Waals surface area (Å²) in [5.41, 5.74) is 5.22. The number of aromatic nitrogens is 2. The second-order valence-corrected chi connectivity index (χ2v) is 3.74. The molecule has 0 unspecified atom stereocenters. The monoisotopic (exact) mass is 202 g/mol. The van der Waals surface area contributed by atoms with Gasteiger partial charge in [-0.3, -0.25) is 5.10 Å². The summed E-state index contributed by atoms with van der Waals surface area (Å²) in [6.07, 6.45) is 0. The van der Waals surface area contributed by atoms with Crippen molar-refractivity contribution in [3.8, 4) is 11.3 Å². The van der Waals surface area contributed by atoms with E-state index in [1.54, 1.807) is 0 Å². The molecule has 1 heterocycles. The molecule has 0 aliphatic carbocycles. The van der Waals surface area contributed by atoms with Gasteiger partial charge in [0.1, 0.15) is 0 Å². The summed E-state index contributed by atoms with van der Waals surface area (Å²) in [5.74, 6) is 0. The van der Waals surface area contributed by atoms with Gasteiger partial charge in [-0.1, -0.05) is 12.1 Å². The Balaban J connectivity index is 2.40. The maximum atomic E-state index is 8.93. The fourth-order valence-electron chi connectivity index (χ4n) is 1.49. The zero-order valence-corrected chi connectivity index (χ0v) is 8.91. The number of nitrogens with one attached hydrogen (secondary N) is 1. The van der Waals surface area contributed by atoms with Crippen LogP contribution in [0.15, 0.2) is 24.3 Å². The fraction of sp³-hybridized carbons (Fsp3) is 0.250. The minimum absolute atomic E-state index is 0.00214. The summed E-state index contributed by atoms with van der Waals surface area (Å²) in [6.45, 7) is 4.17. The number of aliphatic hydroxyl groups excluding tert-OH is 1. The van der Waals surface area contributed by atoms with Crippen LogP contribution in [0.5, 0.6) is 0 Å². The Morgan fingerprint density at radius 3 is 2.60 bits per heavy atom. The molecule has 0 amide bonds. The number of H-pyrrole nitrogens is 1. The van der Waals surface area contributed by atoms with Gasteiger partial charge in [0.05, 0.1) is 18.0 Å². The molecule has 2 aromatic rings. The van der Waals surface area contributed by atoms with Gasteiger partial charge in [-0.15, -0.1) is 0 Å². The number of aliphatic hydroxyl groups is 1. The lowest BCUT2D eigenvalue weighted by molar-refractivity contribution is 0.276. The maximum Gasteiger partial charge on any atom is 0.0924 e. The average Bonchev–Trinajstić information content (AvgIpc) is 2.70. The Labute approximate surface area is 88.8 Å². The maximum absolute atomic E-state index is 8.93. The third kappa shape index (κ3) is 1.92. The first-order valence-electron chi connectivity index (χ1n) is 4.93. The highest BCUT2D eigenvalue weighted by molar-refractivity contribution is 5.61. The first kappa shape index (κ1) is 9.93. The van der Waals surface area contributed by atoms with E-state index in [2.05, 4.69) is 36.2 Å². The Bertz CT molecular complexity index is 474. The highest BCUT2D eigenvalue weighted by Gasteiger charge is 2.04. The van der Waals surface area contributed by atoms with Gasteiger partial charge in [0.25, 0.3) is 0 Å². The lowest BCUT2D eigenvalue weighted by Crippen LogP contribution is -1.83. The Hall–Kier alpha value is -1.61. The molecule has 0 saturated heterocycles. The van der Waals surface area contributed by atoms with Crippen LogP contribution in [0.25, 0.3) is 11.3 Å². The van der Waals surface area contributed by atoms with Gasteiger partial charge in [-0.2, -0.15) is 5.10 Å². The number of rotatable bonds is 2. The van der Waals surface area contributed by atoms with E-state index in [1.165, 1.54) is 11.1 Å². The third-order valence-electron chi connectivity index (χ3n) is 2.60. The van der Waals surface area contributed by atoms with Gasteiger partial charge < -0.3 is 5.11 Å². The predicted octanol–water partition coefficient (Wildman–Crippen LogP) is 2.19. The van der Waals surface area contributed by atoms with Crippen molar-refractivity contribution in [2.24, 2.45) is 0 Å². The molecule has 0 aliphatic heterocycles. The second kappa shape index (κ2) is 3.87. The van der Waals surface area contributed by atoms with Crippen molar-refractivity contribution in [3.05, 3.63) is 41.1 Å². The van der Waals surface area contributed by atoms with Crippen molar-refractivity contribution in [1.29, 1.82) is 0 Å². The zero-order valence-electron chi connectivity index (χ0n) is 8.91. The zero-order chi connectivity index (χ0) is 10.8. The van der Waals surface area contributed by atoms with Gasteiger partial charge >= 0.3 is 0 Å². The normalized spacial score (nSPS) is 10.6. The van der Waals surface area contributed by atoms with Crippen molar-refractivity contribution in [3.63, 3.8) is 0 Å². The first-order chi connectivity index (χ1) is 7.20. The highest BCUT2D eigenvalue weighted by atomic mass is 16.3. The molecule has 15 heavy (non-hydrogen) atoms. The number of benzene rings is 1. The molecule has 0 saturated carbocycles. The molecule has 0 radical (unpaired) electrons. The summed E-state index contributed by atoms with van der Waals surface area (Å²) in [5, 5.41) is 15.9. The van der Waals surface area contributed by atoms with E-state index in [0.29, 0.717) is 0 Å². The quantitative estimate of drug-likeness (QED) is 0.784. The molecule has 3 heteroatoms. The van der Waals surface area contributed by atoms with Crippen molar-refractivity contribution >= 4 is 0 Å².